The lowest BCUT2D eigenvalue weighted by molar-refractivity contribution is -0.127. The normalized spacial score (nSPS) is 13.9. The highest BCUT2D eigenvalue weighted by Gasteiger charge is 2.17. The highest BCUT2D eigenvalue weighted by molar-refractivity contribution is 5.80. The molecule has 0 aliphatic carbocycles. The molecule has 0 aromatic heterocycles. The number of carbonyl (C=O) groups is 1. The molecule has 0 radical (unpaired) electrons. The number of ether oxygens (including phenoxy) is 1. The highest BCUT2D eigenvalue weighted by atomic mass is 16.5. The van der Waals surface area contributed by atoms with Crippen LogP contribution in [-0.4, -0.2) is 18.6 Å². The number of nitrogens with one attached hydrogen (secondary N) is 1. The van der Waals surface area contributed by atoms with Crippen LogP contribution in [0.3, 0.4) is 0 Å². The number of amides is 1. The Morgan fingerprint density at radius 1 is 1.30 bits per heavy atom. The van der Waals surface area contributed by atoms with Gasteiger partial charge in [0.15, 0.2) is 6.10 Å². The molecule has 20 heavy (non-hydrogen) atoms. The van der Waals surface area contributed by atoms with E-state index in [4.69, 9.17) is 10.5 Å². The van der Waals surface area contributed by atoms with Crippen LogP contribution in [0.15, 0.2) is 18.2 Å². The fraction of sp³-hybridized carbons (Fsp3) is 0.562. The van der Waals surface area contributed by atoms with Gasteiger partial charge >= 0.3 is 0 Å². The van der Waals surface area contributed by atoms with E-state index in [0.717, 1.165) is 11.1 Å². The molecule has 112 valence electrons. The Labute approximate surface area is 121 Å². The average molecular weight is 278 g/mol. The minimum absolute atomic E-state index is 0.102. The van der Waals surface area contributed by atoms with Crippen LogP contribution in [0.25, 0.3) is 0 Å². The van der Waals surface area contributed by atoms with E-state index < -0.39 is 6.10 Å². The van der Waals surface area contributed by atoms with Crippen molar-refractivity contribution in [2.75, 3.05) is 6.54 Å². The maximum atomic E-state index is 11.9. The average Bonchev–Trinajstić information content (AvgIpc) is 2.37. The van der Waals surface area contributed by atoms with E-state index in [2.05, 4.69) is 19.2 Å². The van der Waals surface area contributed by atoms with Crippen molar-refractivity contribution in [3.63, 3.8) is 0 Å². The quantitative estimate of drug-likeness (QED) is 0.840. The summed E-state index contributed by atoms with van der Waals surface area (Å²) in [7, 11) is 0. The summed E-state index contributed by atoms with van der Waals surface area (Å²) in [6.07, 6.45) is -0.533. The maximum Gasteiger partial charge on any atom is 0.260 e. The van der Waals surface area contributed by atoms with Gasteiger partial charge in [-0.05, 0) is 32.8 Å². The minimum Gasteiger partial charge on any atom is -0.481 e. The van der Waals surface area contributed by atoms with E-state index in [0.29, 0.717) is 18.2 Å². The molecule has 1 aromatic carbocycles. The molecule has 1 amide bonds. The predicted molar refractivity (Wildman–Crippen MR) is 81.7 cm³/mol. The lowest BCUT2D eigenvalue weighted by Gasteiger charge is -2.19. The van der Waals surface area contributed by atoms with Gasteiger partial charge in [0.1, 0.15) is 5.75 Å². The molecule has 1 aromatic rings. The van der Waals surface area contributed by atoms with Gasteiger partial charge < -0.3 is 15.8 Å². The van der Waals surface area contributed by atoms with Crippen molar-refractivity contribution in [2.45, 2.75) is 46.8 Å². The zero-order valence-electron chi connectivity index (χ0n) is 13.1. The van der Waals surface area contributed by atoms with Gasteiger partial charge in [0.25, 0.3) is 5.91 Å². The number of rotatable bonds is 6. The van der Waals surface area contributed by atoms with Crippen LogP contribution in [0, 0.1) is 12.8 Å². The summed E-state index contributed by atoms with van der Waals surface area (Å²) in [6, 6.07) is 5.70. The molecule has 4 heteroatoms. The Bertz CT molecular complexity index is 456. The maximum absolute atomic E-state index is 11.9. The van der Waals surface area contributed by atoms with Crippen molar-refractivity contribution >= 4 is 5.91 Å². The smallest absolute Gasteiger partial charge is 0.260 e. The molecule has 2 atom stereocenters. The SMILES string of the molecule is Cc1ccc(OC(C)C(=O)NCC(C)C)c([C@@H](C)N)c1. The molecule has 0 aliphatic rings. The van der Waals surface area contributed by atoms with Gasteiger partial charge in [0.05, 0.1) is 0 Å². The molecule has 0 fully saturated rings. The lowest BCUT2D eigenvalue weighted by Crippen LogP contribution is -2.38. The predicted octanol–water partition coefficient (Wildman–Crippen LogP) is 2.55. The summed E-state index contributed by atoms with van der Waals surface area (Å²) < 4.78 is 5.76. The summed E-state index contributed by atoms with van der Waals surface area (Å²) in [6.45, 7) is 10.4. The number of carbonyl (C=O) groups excluding carboxylic acids is 1. The second-order valence-electron chi connectivity index (χ2n) is 5.73. The van der Waals surface area contributed by atoms with Gasteiger partial charge in [0, 0.05) is 18.2 Å². The lowest BCUT2D eigenvalue weighted by atomic mass is 10.1. The van der Waals surface area contributed by atoms with Gasteiger partial charge in [-0.15, -0.1) is 0 Å². The molecule has 0 saturated heterocycles. The summed E-state index contributed by atoms with van der Waals surface area (Å²) >= 11 is 0. The Balaban J connectivity index is 2.75. The van der Waals surface area contributed by atoms with Gasteiger partial charge in [-0.2, -0.15) is 0 Å². The van der Waals surface area contributed by atoms with E-state index in [9.17, 15) is 4.79 Å². The third kappa shape index (κ3) is 4.85. The fourth-order valence-electron chi connectivity index (χ4n) is 1.82. The number of aryl methyl sites for hydroxylation is 1. The van der Waals surface area contributed by atoms with Crippen molar-refractivity contribution in [2.24, 2.45) is 11.7 Å². The summed E-state index contributed by atoms with van der Waals surface area (Å²) in [4.78, 5) is 11.9. The third-order valence-corrected chi connectivity index (χ3v) is 3.01. The molecule has 0 bridgehead atoms. The standard InChI is InChI=1S/C16H26N2O2/c1-10(2)9-18-16(19)13(5)20-15-7-6-11(3)8-14(15)12(4)17/h6-8,10,12-13H,9,17H2,1-5H3,(H,18,19)/t12-,13?/m1/s1. The van der Waals surface area contributed by atoms with E-state index in [-0.39, 0.29) is 11.9 Å². The van der Waals surface area contributed by atoms with Crippen molar-refractivity contribution in [1.82, 2.24) is 5.32 Å². The van der Waals surface area contributed by atoms with Crippen LogP contribution in [0.4, 0.5) is 0 Å². The first-order chi connectivity index (χ1) is 9.31. The van der Waals surface area contributed by atoms with Crippen LogP contribution in [-0.2, 0) is 4.79 Å². The van der Waals surface area contributed by atoms with Crippen molar-refractivity contribution in [3.05, 3.63) is 29.3 Å². The molecule has 4 nitrogen and oxygen atoms in total. The number of benzene rings is 1. The van der Waals surface area contributed by atoms with Crippen LogP contribution >= 0.6 is 0 Å². The zero-order valence-corrected chi connectivity index (χ0v) is 13.1. The minimum atomic E-state index is -0.533. The topological polar surface area (TPSA) is 64.3 Å². The van der Waals surface area contributed by atoms with Crippen LogP contribution in [0.1, 0.15) is 44.9 Å². The Morgan fingerprint density at radius 3 is 2.50 bits per heavy atom. The van der Waals surface area contributed by atoms with E-state index in [1.165, 1.54) is 0 Å². The Kier molecular flexibility index (Phi) is 6.02. The van der Waals surface area contributed by atoms with Crippen LogP contribution in [0.2, 0.25) is 0 Å². The van der Waals surface area contributed by atoms with Crippen molar-refractivity contribution in [3.8, 4) is 5.75 Å². The summed E-state index contributed by atoms with van der Waals surface area (Å²) in [5.74, 6) is 0.998. The van der Waals surface area contributed by atoms with Crippen LogP contribution in [0.5, 0.6) is 5.75 Å². The summed E-state index contributed by atoms with van der Waals surface area (Å²) in [5, 5.41) is 2.87. The van der Waals surface area contributed by atoms with E-state index >= 15 is 0 Å². The van der Waals surface area contributed by atoms with Crippen molar-refractivity contribution in [1.29, 1.82) is 0 Å². The second-order valence-corrected chi connectivity index (χ2v) is 5.73. The number of nitrogens with two attached hydrogens (primary N) is 1. The monoisotopic (exact) mass is 278 g/mol. The van der Waals surface area contributed by atoms with Gasteiger partial charge in [-0.1, -0.05) is 31.5 Å². The van der Waals surface area contributed by atoms with E-state index in [1.807, 2.05) is 32.0 Å². The Hall–Kier alpha value is -1.55. The third-order valence-electron chi connectivity index (χ3n) is 3.01. The highest BCUT2D eigenvalue weighted by Crippen LogP contribution is 2.25. The van der Waals surface area contributed by atoms with Gasteiger partial charge in [-0.25, -0.2) is 0 Å². The Morgan fingerprint density at radius 2 is 1.95 bits per heavy atom. The van der Waals surface area contributed by atoms with Gasteiger partial charge in [-0.3, -0.25) is 4.79 Å². The molecular weight excluding hydrogens is 252 g/mol. The molecule has 0 aliphatic heterocycles. The molecule has 0 spiro atoms. The summed E-state index contributed by atoms with van der Waals surface area (Å²) in [5.41, 5.74) is 8.00. The van der Waals surface area contributed by atoms with E-state index in [1.54, 1.807) is 6.92 Å². The first-order valence-electron chi connectivity index (χ1n) is 7.11. The fourth-order valence-corrected chi connectivity index (χ4v) is 1.82. The van der Waals surface area contributed by atoms with Gasteiger partial charge in [0.2, 0.25) is 0 Å². The molecule has 0 saturated carbocycles. The largest absolute Gasteiger partial charge is 0.481 e. The second kappa shape index (κ2) is 7.29. The van der Waals surface area contributed by atoms with Crippen LogP contribution < -0.4 is 15.8 Å². The zero-order chi connectivity index (χ0) is 15.3. The molecule has 1 rings (SSSR count). The first kappa shape index (κ1) is 16.5. The molecule has 0 heterocycles. The van der Waals surface area contributed by atoms with Crippen molar-refractivity contribution < 1.29 is 9.53 Å². The molecule has 1 unspecified atom stereocenters. The first-order valence-corrected chi connectivity index (χ1v) is 7.11. The number of hydrogen-bond donors (Lipinski definition) is 2. The molecular formula is C16H26N2O2. The number of hydrogen-bond acceptors (Lipinski definition) is 3. The molecule has 3 N–H and O–H groups in total.